The molecule has 6 nitrogen and oxygen atoms in total. The van der Waals surface area contributed by atoms with E-state index in [1.807, 2.05) is 20.8 Å². The molecule has 0 unspecified atom stereocenters. The van der Waals surface area contributed by atoms with Crippen molar-refractivity contribution in [1.82, 2.24) is 0 Å². The molecule has 0 fully saturated rings. The SMILES string of the molecule is CC(C)(C)C[C@H](O)[C@@H](O)[C@H](O)[C@H](O)[C@@H](O)CO. The van der Waals surface area contributed by atoms with Crippen LogP contribution in [0.1, 0.15) is 27.2 Å². The van der Waals surface area contributed by atoms with E-state index in [0.717, 1.165) is 0 Å². The van der Waals surface area contributed by atoms with Crippen molar-refractivity contribution in [3.63, 3.8) is 0 Å². The van der Waals surface area contributed by atoms with Crippen LogP contribution in [0.15, 0.2) is 0 Å². The van der Waals surface area contributed by atoms with Gasteiger partial charge in [-0.25, -0.2) is 0 Å². The lowest BCUT2D eigenvalue weighted by molar-refractivity contribution is -0.144. The molecule has 0 aliphatic carbocycles. The van der Waals surface area contributed by atoms with Crippen LogP contribution in [0.5, 0.6) is 0 Å². The van der Waals surface area contributed by atoms with Crippen LogP contribution in [0.3, 0.4) is 0 Å². The second kappa shape index (κ2) is 6.63. The molecule has 0 aromatic rings. The van der Waals surface area contributed by atoms with E-state index in [4.69, 9.17) is 10.2 Å². The van der Waals surface area contributed by atoms with Gasteiger partial charge in [0.05, 0.1) is 12.7 Å². The van der Waals surface area contributed by atoms with Crippen LogP contribution in [0.25, 0.3) is 0 Å². The van der Waals surface area contributed by atoms with Crippen LogP contribution in [0, 0.1) is 5.41 Å². The summed E-state index contributed by atoms with van der Waals surface area (Å²) in [7, 11) is 0. The molecule has 0 heterocycles. The summed E-state index contributed by atoms with van der Waals surface area (Å²) < 4.78 is 0. The zero-order chi connectivity index (χ0) is 13.8. The zero-order valence-electron chi connectivity index (χ0n) is 10.5. The van der Waals surface area contributed by atoms with Crippen molar-refractivity contribution in [2.75, 3.05) is 6.61 Å². The predicted molar refractivity (Wildman–Crippen MR) is 61.2 cm³/mol. The van der Waals surface area contributed by atoms with Gasteiger partial charge >= 0.3 is 0 Å². The molecular weight excluding hydrogens is 228 g/mol. The fraction of sp³-hybridized carbons (Fsp3) is 1.00. The summed E-state index contributed by atoms with van der Waals surface area (Å²) in [5.41, 5.74) is -0.249. The van der Waals surface area contributed by atoms with Crippen molar-refractivity contribution in [3.8, 4) is 0 Å². The third-order valence-corrected chi connectivity index (χ3v) is 2.50. The van der Waals surface area contributed by atoms with E-state index in [9.17, 15) is 20.4 Å². The highest BCUT2D eigenvalue weighted by Crippen LogP contribution is 2.23. The first-order valence-corrected chi connectivity index (χ1v) is 5.61. The van der Waals surface area contributed by atoms with Gasteiger partial charge < -0.3 is 30.6 Å². The summed E-state index contributed by atoms with van der Waals surface area (Å²) in [4.78, 5) is 0. The van der Waals surface area contributed by atoms with Crippen molar-refractivity contribution in [2.24, 2.45) is 5.41 Å². The van der Waals surface area contributed by atoms with Gasteiger partial charge in [0.15, 0.2) is 0 Å². The number of hydrogen-bond acceptors (Lipinski definition) is 6. The Bertz CT molecular complexity index is 214. The second-order valence-electron chi connectivity index (χ2n) is 5.55. The zero-order valence-corrected chi connectivity index (χ0v) is 10.5. The highest BCUT2D eigenvalue weighted by atomic mass is 16.4. The average molecular weight is 252 g/mol. The predicted octanol–water partition coefficient (Wildman–Crippen LogP) is -1.78. The first-order chi connectivity index (χ1) is 7.60. The normalized spacial score (nSPS) is 21.7. The number of hydrogen-bond donors (Lipinski definition) is 6. The highest BCUT2D eigenvalue weighted by molar-refractivity contribution is 4.86. The van der Waals surface area contributed by atoms with Crippen molar-refractivity contribution in [1.29, 1.82) is 0 Å². The number of aliphatic hydroxyl groups is 6. The fourth-order valence-electron chi connectivity index (χ4n) is 1.51. The summed E-state index contributed by atoms with van der Waals surface area (Å²) in [5, 5.41) is 55.9. The molecule has 0 spiro atoms. The second-order valence-corrected chi connectivity index (χ2v) is 5.55. The molecule has 6 heteroatoms. The Morgan fingerprint density at radius 2 is 1.18 bits per heavy atom. The van der Waals surface area contributed by atoms with Crippen molar-refractivity contribution in [2.45, 2.75) is 57.7 Å². The molecular formula is C11H24O6. The van der Waals surface area contributed by atoms with Crippen molar-refractivity contribution >= 4 is 0 Å². The Labute approximate surface area is 101 Å². The first-order valence-electron chi connectivity index (χ1n) is 5.61. The third kappa shape index (κ3) is 5.76. The smallest absolute Gasteiger partial charge is 0.111 e. The van der Waals surface area contributed by atoms with Gasteiger partial charge in [0.1, 0.15) is 24.4 Å². The van der Waals surface area contributed by atoms with Crippen LogP contribution < -0.4 is 0 Å². The van der Waals surface area contributed by atoms with Crippen LogP contribution in [-0.2, 0) is 0 Å². The lowest BCUT2D eigenvalue weighted by atomic mass is 9.85. The summed E-state index contributed by atoms with van der Waals surface area (Å²) in [6, 6.07) is 0. The fourth-order valence-corrected chi connectivity index (χ4v) is 1.51. The van der Waals surface area contributed by atoms with E-state index >= 15 is 0 Å². The van der Waals surface area contributed by atoms with Crippen LogP contribution >= 0.6 is 0 Å². The van der Waals surface area contributed by atoms with E-state index in [1.54, 1.807) is 0 Å². The van der Waals surface area contributed by atoms with E-state index in [1.165, 1.54) is 0 Å². The van der Waals surface area contributed by atoms with Crippen LogP contribution in [-0.4, -0.2) is 67.8 Å². The first kappa shape index (κ1) is 16.8. The summed E-state index contributed by atoms with van der Waals surface area (Å²) in [6.45, 7) is 4.83. The molecule has 5 atom stereocenters. The van der Waals surface area contributed by atoms with Gasteiger partial charge in [0.2, 0.25) is 0 Å². The molecule has 0 aromatic carbocycles. The van der Waals surface area contributed by atoms with Gasteiger partial charge in [-0.15, -0.1) is 0 Å². The van der Waals surface area contributed by atoms with Gasteiger partial charge in [0, 0.05) is 0 Å². The molecule has 17 heavy (non-hydrogen) atoms. The molecule has 104 valence electrons. The largest absolute Gasteiger partial charge is 0.394 e. The Morgan fingerprint density at radius 3 is 1.53 bits per heavy atom. The molecule has 0 saturated heterocycles. The van der Waals surface area contributed by atoms with Gasteiger partial charge in [-0.1, -0.05) is 20.8 Å². The molecule has 0 amide bonds. The van der Waals surface area contributed by atoms with Gasteiger partial charge in [0.25, 0.3) is 0 Å². The maximum absolute atomic E-state index is 9.66. The number of aliphatic hydroxyl groups excluding tert-OH is 6. The minimum absolute atomic E-state index is 0.229. The van der Waals surface area contributed by atoms with Crippen molar-refractivity contribution < 1.29 is 30.6 Å². The molecule has 0 radical (unpaired) electrons. The van der Waals surface area contributed by atoms with E-state index in [0.29, 0.717) is 0 Å². The quantitative estimate of drug-likeness (QED) is 0.332. The maximum Gasteiger partial charge on any atom is 0.111 e. The summed E-state index contributed by atoms with van der Waals surface area (Å²) in [6.07, 6.45) is -7.54. The van der Waals surface area contributed by atoms with Gasteiger partial charge in [-0.05, 0) is 11.8 Å². The van der Waals surface area contributed by atoms with E-state index in [2.05, 4.69) is 0 Å². The number of rotatable bonds is 6. The molecule has 0 bridgehead atoms. The maximum atomic E-state index is 9.66. The lowest BCUT2D eigenvalue weighted by Gasteiger charge is -2.31. The van der Waals surface area contributed by atoms with E-state index < -0.39 is 37.1 Å². The molecule has 0 aliphatic heterocycles. The van der Waals surface area contributed by atoms with Gasteiger partial charge in [-0.2, -0.15) is 0 Å². The highest BCUT2D eigenvalue weighted by Gasteiger charge is 2.35. The van der Waals surface area contributed by atoms with Crippen molar-refractivity contribution in [3.05, 3.63) is 0 Å². The molecule has 6 N–H and O–H groups in total. The lowest BCUT2D eigenvalue weighted by Crippen LogP contribution is -2.50. The molecule has 0 aromatic heterocycles. The molecule has 0 aliphatic rings. The topological polar surface area (TPSA) is 121 Å². The minimum atomic E-state index is -1.71. The molecule has 0 rings (SSSR count). The van der Waals surface area contributed by atoms with E-state index in [-0.39, 0.29) is 11.8 Å². The Balaban J connectivity index is 4.43. The van der Waals surface area contributed by atoms with Crippen LogP contribution in [0.2, 0.25) is 0 Å². The average Bonchev–Trinajstić information content (AvgIpc) is 2.22. The third-order valence-electron chi connectivity index (χ3n) is 2.50. The van der Waals surface area contributed by atoms with Crippen LogP contribution in [0.4, 0.5) is 0 Å². The standard InChI is InChI=1S/C11H24O6/c1-11(2,3)4-6(13)8(15)10(17)9(16)7(14)5-12/h6-10,12-17H,4-5H2,1-3H3/t6-,7-,8+,9+,10-/m0/s1. The summed E-state index contributed by atoms with van der Waals surface area (Å²) in [5.74, 6) is 0. The Morgan fingerprint density at radius 1 is 0.765 bits per heavy atom. The Hall–Kier alpha value is -0.240. The Kier molecular flexibility index (Phi) is 6.53. The minimum Gasteiger partial charge on any atom is -0.394 e. The monoisotopic (exact) mass is 252 g/mol. The molecule has 0 saturated carbocycles. The van der Waals surface area contributed by atoms with Gasteiger partial charge in [-0.3, -0.25) is 0 Å². The summed E-state index contributed by atoms with van der Waals surface area (Å²) >= 11 is 0.